The van der Waals surface area contributed by atoms with E-state index in [0.717, 1.165) is 0 Å². The molecule has 0 aliphatic heterocycles. The molecule has 6 nitrogen and oxygen atoms in total. The molecule has 0 heterocycles. The second kappa shape index (κ2) is 8.03. The maximum Gasteiger partial charge on any atom is 0.384 e. The van der Waals surface area contributed by atoms with E-state index in [1.54, 1.807) is 9.82 Å². The predicted octanol–water partition coefficient (Wildman–Crippen LogP) is 6.20. The summed E-state index contributed by atoms with van der Waals surface area (Å²) >= 11 is 0. The first-order valence-electron chi connectivity index (χ1n) is 6.66. The summed E-state index contributed by atoms with van der Waals surface area (Å²) in [7, 11) is 0. The first-order valence-corrected chi connectivity index (χ1v) is 6.66. The molecule has 18 heteroatoms. The third-order valence-electron chi connectivity index (χ3n) is 3.28. The van der Waals surface area contributed by atoms with E-state index in [0.29, 0.717) is 0 Å². The maximum absolute atomic E-state index is 13.4. The maximum atomic E-state index is 13.4. The molecule has 0 aromatic rings. The van der Waals surface area contributed by atoms with E-state index in [1.807, 2.05) is 0 Å². The Kier molecular flexibility index (Phi) is 7.39. The van der Waals surface area contributed by atoms with Crippen LogP contribution < -0.4 is 0 Å². The highest BCUT2D eigenvalue weighted by Gasteiger charge is 2.89. The van der Waals surface area contributed by atoms with Crippen LogP contribution in [0.3, 0.4) is 0 Å². The minimum absolute atomic E-state index is 1.63. The highest BCUT2D eigenvalue weighted by molar-refractivity contribution is 5.11. The predicted molar refractivity (Wildman–Crippen MR) is 66.9 cm³/mol. The van der Waals surface area contributed by atoms with Gasteiger partial charge in [0.25, 0.3) is 0 Å². The van der Waals surface area contributed by atoms with E-state index >= 15 is 0 Å². The van der Waals surface area contributed by atoms with Gasteiger partial charge in [0, 0.05) is 35.8 Å². The molecule has 0 radical (unpaired) electrons. The van der Waals surface area contributed by atoms with E-state index in [1.165, 1.54) is 0 Å². The molecule has 162 valence electrons. The molecule has 0 aliphatic carbocycles. The summed E-state index contributed by atoms with van der Waals surface area (Å²) < 4.78 is 160. The van der Waals surface area contributed by atoms with Gasteiger partial charge in [0.2, 0.25) is 0 Å². The Labute approximate surface area is 146 Å². The van der Waals surface area contributed by atoms with E-state index in [4.69, 9.17) is 11.1 Å². The molecule has 0 unspecified atom stereocenters. The number of halogens is 12. The monoisotopic (exact) mass is 440 g/mol. The first kappa shape index (κ1) is 25.8. The fraction of sp³-hybridized carbons (Fsp3) is 1.00. The SMILES string of the molecule is [N-]=[N+]=NCCC(F)(F)C(F)(F)C(F)(F)C(F)(F)C(F)(F)C(F)(F)CCN=[N+]=[N-]. The molecule has 0 saturated carbocycles. The summed E-state index contributed by atoms with van der Waals surface area (Å²) in [5, 5.41) is 4.54. The quantitative estimate of drug-likeness (QED) is 0.158. The van der Waals surface area contributed by atoms with Crippen molar-refractivity contribution < 1.29 is 52.7 Å². The molecule has 0 atom stereocenters. The van der Waals surface area contributed by atoms with Gasteiger partial charge in [-0.05, 0) is 11.1 Å². The zero-order valence-electron chi connectivity index (χ0n) is 13.0. The second-order valence-corrected chi connectivity index (χ2v) is 5.12. The van der Waals surface area contributed by atoms with Crippen molar-refractivity contribution in [3.05, 3.63) is 20.9 Å². The van der Waals surface area contributed by atoms with Gasteiger partial charge < -0.3 is 0 Å². The molecule has 0 aromatic heterocycles. The van der Waals surface area contributed by atoms with Crippen LogP contribution in [-0.2, 0) is 0 Å². The molecular weight excluding hydrogens is 432 g/mol. The summed E-state index contributed by atoms with van der Waals surface area (Å²) in [6.45, 7) is -3.25. The lowest BCUT2D eigenvalue weighted by Gasteiger charge is -2.41. The Hall–Kier alpha value is -2.22. The molecule has 0 amide bonds. The Morgan fingerprint density at radius 1 is 0.500 bits per heavy atom. The average molecular weight is 440 g/mol. The van der Waals surface area contributed by atoms with Gasteiger partial charge >= 0.3 is 35.5 Å². The highest BCUT2D eigenvalue weighted by Crippen LogP contribution is 2.60. The molecule has 28 heavy (non-hydrogen) atoms. The Morgan fingerprint density at radius 3 is 0.964 bits per heavy atom. The van der Waals surface area contributed by atoms with Crippen molar-refractivity contribution in [2.24, 2.45) is 10.2 Å². The van der Waals surface area contributed by atoms with Crippen molar-refractivity contribution >= 4 is 0 Å². The average Bonchev–Trinajstić information content (AvgIpc) is 2.54. The minimum Gasteiger partial charge on any atom is -0.200 e. The standard InChI is InChI=1S/C10H8F12N6/c11-5(12,1-3-25-27-23)7(15,16)9(19,20)10(21,22)8(17,18)6(13,14)2-4-26-28-24/h1-4H2. The van der Waals surface area contributed by atoms with Crippen molar-refractivity contribution in [3.8, 4) is 0 Å². The van der Waals surface area contributed by atoms with Crippen LogP contribution in [0.4, 0.5) is 52.7 Å². The topological polar surface area (TPSA) is 97.5 Å². The molecule has 0 fully saturated rings. The van der Waals surface area contributed by atoms with Gasteiger partial charge in [-0.1, -0.05) is 10.2 Å². The molecular formula is C10H8F12N6. The summed E-state index contributed by atoms with van der Waals surface area (Å²) in [4.78, 5) is 3.59. The van der Waals surface area contributed by atoms with Gasteiger partial charge in [-0.15, -0.1) is 0 Å². The van der Waals surface area contributed by atoms with Crippen LogP contribution in [0.15, 0.2) is 10.2 Å². The van der Waals surface area contributed by atoms with Gasteiger partial charge in [0.15, 0.2) is 0 Å². The Bertz CT molecular complexity index is 593. The first-order chi connectivity index (χ1) is 12.4. The van der Waals surface area contributed by atoms with Gasteiger partial charge in [0.1, 0.15) is 0 Å². The number of rotatable bonds is 11. The zero-order chi connectivity index (χ0) is 22.7. The Morgan fingerprint density at radius 2 is 0.750 bits per heavy atom. The number of nitrogens with zero attached hydrogens (tertiary/aromatic N) is 6. The lowest BCUT2D eigenvalue weighted by atomic mass is 9.89. The normalized spacial score (nSPS) is 14.3. The van der Waals surface area contributed by atoms with Crippen molar-refractivity contribution in [2.45, 2.75) is 48.4 Å². The lowest BCUT2D eigenvalue weighted by molar-refractivity contribution is -0.425. The van der Waals surface area contributed by atoms with Crippen molar-refractivity contribution in [3.63, 3.8) is 0 Å². The molecule has 0 N–H and O–H groups in total. The summed E-state index contributed by atoms with van der Waals surface area (Å²) in [6, 6.07) is 0. The van der Waals surface area contributed by atoms with Gasteiger partial charge in [-0.3, -0.25) is 0 Å². The van der Waals surface area contributed by atoms with Crippen LogP contribution in [0.5, 0.6) is 0 Å². The summed E-state index contributed by atoms with van der Waals surface area (Å²) in [6.07, 6.45) is -4.96. The lowest BCUT2D eigenvalue weighted by Crippen LogP contribution is -2.70. The van der Waals surface area contributed by atoms with E-state index in [2.05, 4.69) is 10.2 Å². The number of hydrogen-bond donors (Lipinski definition) is 0. The molecule has 0 saturated heterocycles. The number of hydrogen-bond acceptors (Lipinski definition) is 2. The van der Waals surface area contributed by atoms with Crippen LogP contribution >= 0.6 is 0 Å². The Balaban J connectivity index is 6.12. The van der Waals surface area contributed by atoms with Crippen LogP contribution in [0.1, 0.15) is 12.8 Å². The fourth-order valence-corrected chi connectivity index (χ4v) is 1.64. The number of alkyl halides is 12. The second-order valence-electron chi connectivity index (χ2n) is 5.12. The van der Waals surface area contributed by atoms with Crippen LogP contribution in [-0.4, -0.2) is 48.6 Å². The van der Waals surface area contributed by atoms with Crippen LogP contribution in [0, 0.1) is 0 Å². The zero-order valence-corrected chi connectivity index (χ0v) is 13.0. The molecule has 0 bridgehead atoms. The molecule has 0 spiro atoms. The highest BCUT2D eigenvalue weighted by atomic mass is 19.4. The molecule has 0 aliphatic rings. The van der Waals surface area contributed by atoms with Gasteiger partial charge in [-0.25, -0.2) is 0 Å². The smallest absolute Gasteiger partial charge is 0.200 e. The van der Waals surface area contributed by atoms with Crippen LogP contribution in [0.25, 0.3) is 20.9 Å². The van der Waals surface area contributed by atoms with E-state index < -0.39 is 61.5 Å². The minimum atomic E-state index is -7.68. The molecule has 0 rings (SSSR count). The summed E-state index contributed by atoms with van der Waals surface area (Å²) in [5.41, 5.74) is 15.6. The largest absolute Gasteiger partial charge is 0.384 e. The van der Waals surface area contributed by atoms with Crippen molar-refractivity contribution in [1.82, 2.24) is 0 Å². The van der Waals surface area contributed by atoms with E-state index in [-0.39, 0.29) is 0 Å². The van der Waals surface area contributed by atoms with Gasteiger partial charge in [0.05, 0.1) is 0 Å². The number of azide groups is 2. The van der Waals surface area contributed by atoms with Crippen LogP contribution in [0.2, 0.25) is 0 Å². The van der Waals surface area contributed by atoms with Crippen molar-refractivity contribution in [1.29, 1.82) is 0 Å². The third-order valence-corrected chi connectivity index (χ3v) is 3.28. The van der Waals surface area contributed by atoms with Gasteiger partial charge in [-0.2, -0.15) is 52.7 Å². The fourth-order valence-electron chi connectivity index (χ4n) is 1.64. The third kappa shape index (κ3) is 4.11. The van der Waals surface area contributed by atoms with Crippen molar-refractivity contribution in [2.75, 3.05) is 13.1 Å². The summed E-state index contributed by atoms with van der Waals surface area (Å²) in [5.74, 6) is -42.1. The van der Waals surface area contributed by atoms with E-state index in [9.17, 15) is 52.7 Å². The molecule has 0 aromatic carbocycles.